The van der Waals surface area contributed by atoms with Crippen molar-refractivity contribution in [3.63, 3.8) is 0 Å². The van der Waals surface area contributed by atoms with Crippen molar-refractivity contribution in [1.82, 2.24) is 10.3 Å². The molecule has 0 unspecified atom stereocenters. The number of aryl methyl sites for hydroxylation is 1. The topological polar surface area (TPSA) is 95.2 Å². The maximum Gasteiger partial charge on any atom is 0.303 e. The molecule has 3 rings (SSSR count). The summed E-state index contributed by atoms with van der Waals surface area (Å²) in [5.41, 5.74) is 3.07. The van der Waals surface area contributed by atoms with Gasteiger partial charge in [0.25, 0.3) is 0 Å². The van der Waals surface area contributed by atoms with Gasteiger partial charge in [-0.05, 0) is 67.1 Å². The Morgan fingerprint density at radius 2 is 2.30 bits per heavy atom. The number of aromatic nitrogens is 1. The fourth-order valence-corrected chi connectivity index (χ4v) is 3.70. The highest BCUT2D eigenvalue weighted by atomic mass is 19.1. The van der Waals surface area contributed by atoms with E-state index < -0.39 is 11.8 Å². The highest BCUT2D eigenvalue weighted by Gasteiger charge is 2.24. The van der Waals surface area contributed by atoms with Gasteiger partial charge in [-0.3, -0.25) is 4.79 Å². The molecule has 0 spiro atoms. The number of pyridine rings is 1. The maximum absolute atomic E-state index is 14.0. The number of carbonyl (C=O) groups is 1. The Morgan fingerprint density at radius 1 is 1.47 bits per heavy atom. The lowest BCUT2D eigenvalue weighted by molar-refractivity contribution is -0.137. The number of aliphatic carboxylic acids is 1. The Bertz CT molecular complexity index is 984. The van der Waals surface area contributed by atoms with Gasteiger partial charge in [-0.15, -0.1) is 0 Å². The molecule has 2 aromatic rings. The zero-order valence-electron chi connectivity index (χ0n) is 16.7. The molecule has 0 bridgehead atoms. The number of nitriles is 1. The molecule has 0 saturated heterocycles. The number of rotatable bonds is 10. The minimum Gasteiger partial charge on any atom is -0.494 e. The number of hydrogen-bond acceptors (Lipinski definition) is 5. The van der Waals surface area contributed by atoms with Crippen LogP contribution in [-0.4, -0.2) is 29.2 Å². The SMILES string of the molecule is C=Cc1nc(CNCCCOc2ccc3c(c2)CC[C@H]3CC(=O)O)c(F)cc1C#N. The van der Waals surface area contributed by atoms with Gasteiger partial charge in [0.2, 0.25) is 0 Å². The van der Waals surface area contributed by atoms with E-state index >= 15 is 0 Å². The van der Waals surface area contributed by atoms with E-state index in [9.17, 15) is 9.18 Å². The van der Waals surface area contributed by atoms with Gasteiger partial charge in [0, 0.05) is 6.54 Å². The molecule has 7 heteroatoms. The molecule has 0 saturated carbocycles. The van der Waals surface area contributed by atoms with Crippen LogP contribution in [0.25, 0.3) is 6.08 Å². The number of halogens is 1. The highest BCUT2D eigenvalue weighted by molar-refractivity contribution is 5.68. The van der Waals surface area contributed by atoms with Crippen LogP contribution in [0.3, 0.4) is 0 Å². The number of benzene rings is 1. The largest absolute Gasteiger partial charge is 0.494 e. The smallest absolute Gasteiger partial charge is 0.303 e. The minimum atomic E-state index is -0.766. The number of carboxylic acid groups (broad SMARTS) is 1. The Kier molecular flexibility index (Phi) is 7.15. The molecule has 156 valence electrons. The first kappa shape index (κ1) is 21.5. The number of ether oxygens (including phenoxy) is 1. The lowest BCUT2D eigenvalue weighted by atomic mass is 9.98. The molecule has 1 heterocycles. The van der Waals surface area contributed by atoms with Gasteiger partial charge in [0.1, 0.15) is 17.6 Å². The summed E-state index contributed by atoms with van der Waals surface area (Å²) in [6, 6.07) is 8.94. The lowest BCUT2D eigenvalue weighted by Crippen LogP contribution is -2.19. The van der Waals surface area contributed by atoms with Gasteiger partial charge in [-0.25, -0.2) is 9.37 Å². The number of nitrogens with one attached hydrogen (secondary N) is 1. The number of hydrogen-bond donors (Lipinski definition) is 2. The zero-order valence-corrected chi connectivity index (χ0v) is 16.7. The minimum absolute atomic E-state index is 0.0913. The van der Waals surface area contributed by atoms with Crippen LogP contribution in [0.1, 0.15) is 53.3 Å². The molecule has 1 aromatic heterocycles. The van der Waals surface area contributed by atoms with Crippen molar-refractivity contribution in [3.05, 3.63) is 64.7 Å². The summed E-state index contributed by atoms with van der Waals surface area (Å²) >= 11 is 0. The molecule has 0 amide bonds. The fourth-order valence-electron chi connectivity index (χ4n) is 3.70. The second-order valence-electron chi connectivity index (χ2n) is 7.24. The normalized spacial score (nSPS) is 14.7. The second-order valence-corrected chi connectivity index (χ2v) is 7.24. The zero-order chi connectivity index (χ0) is 21.5. The van der Waals surface area contributed by atoms with Crippen molar-refractivity contribution in [2.24, 2.45) is 0 Å². The third-order valence-corrected chi connectivity index (χ3v) is 5.19. The summed E-state index contributed by atoms with van der Waals surface area (Å²) in [4.78, 5) is 15.1. The Labute approximate surface area is 175 Å². The first-order valence-corrected chi connectivity index (χ1v) is 9.92. The quantitative estimate of drug-likeness (QED) is 0.580. The summed E-state index contributed by atoms with van der Waals surface area (Å²) < 4.78 is 19.8. The molecule has 30 heavy (non-hydrogen) atoms. The molecule has 1 aromatic carbocycles. The van der Waals surface area contributed by atoms with E-state index in [-0.39, 0.29) is 30.1 Å². The van der Waals surface area contributed by atoms with Crippen LogP contribution in [0, 0.1) is 17.1 Å². The van der Waals surface area contributed by atoms with Crippen LogP contribution in [0.15, 0.2) is 30.8 Å². The van der Waals surface area contributed by atoms with Gasteiger partial charge >= 0.3 is 5.97 Å². The van der Waals surface area contributed by atoms with Gasteiger partial charge in [0.15, 0.2) is 0 Å². The monoisotopic (exact) mass is 409 g/mol. The average molecular weight is 409 g/mol. The predicted octanol–water partition coefficient (Wildman–Crippen LogP) is 3.80. The summed E-state index contributed by atoms with van der Waals surface area (Å²) in [6.07, 6.45) is 4.08. The van der Waals surface area contributed by atoms with Gasteiger partial charge < -0.3 is 15.2 Å². The van der Waals surface area contributed by atoms with Crippen LogP contribution in [0.4, 0.5) is 4.39 Å². The standard InChI is InChI=1S/C23H24FN3O3/c1-2-21-17(13-25)11-20(24)22(27-21)14-26-8-3-9-30-18-6-7-19-15(10-18)4-5-16(19)12-23(28)29/h2,6-7,10-11,16,26H,1,3-5,8-9,12,14H2,(H,28,29)/t16-/m0/s1. The summed E-state index contributed by atoms with van der Waals surface area (Å²) in [5.74, 6) is -0.411. The predicted molar refractivity (Wildman–Crippen MR) is 111 cm³/mol. The average Bonchev–Trinajstić information content (AvgIpc) is 3.12. The van der Waals surface area contributed by atoms with Crippen LogP contribution < -0.4 is 10.1 Å². The first-order chi connectivity index (χ1) is 14.5. The van der Waals surface area contributed by atoms with E-state index in [0.29, 0.717) is 18.8 Å². The van der Waals surface area contributed by atoms with Gasteiger partial charge in [-0.1, -0.05) is 12.6 Å². The van der Waals surface area contributed by atoms with Gasteiger partial charge in [0.05, 0.1) is 30.0 Å². The molecule has 1 aliphatic rings. The number of nitrogens with zero attached hydrogens (tertiary/aromatic N) is 2. The number of fused-ring (bicyclic) bond motifs is 1. The fraction of sp³-hybridized carbons (Fsp3) is 0.348. The van der Waals surface area contributed by atoms with Crippen molar-refractivity contribution < 1.29 is 19.0 Å². The van der Waals surface area contributed by atoms with E-state index in [0.717, 1.165) is 36.1 Å². The van der Waals surface area contributed by atoms with Crippen LogP contribution in [0.2, 0.25) is 0 Å². The molecular formula is C23H24FN3O3. The van der Waals surface area contributed by atoms with Crippen molar-refractivity contribution in [2.75, 3.05) is 13.2 Å². The molecule has 1 aliphatic carbocycles. The Balaban J connectivity index is 1.43. The van der Waals surface area contributed by atoms with E-state index in [1.165, 1.54) is 12.1 Å². The van der Waals surface area contributed by atoms with Crippen molar-refractivity contribution in [2.45, 2.75) is 38.1 Å². The molecule has 6 nitrogen and oxygen atoms in total. The highest BCUT2D eigenvalue weighted by Crippen LogP contribution is 2.37. The van der Waals surface area contributed by atoms with Crippen molar-refractivity contribution in [1.29, 1.82) is 5.26 Å². The van der Waals surface area contributed by atoms with Crippen LogP contribution in [-0.2, 0) is 17.8 Å². The second kappa shape index (κ2) is 9.99. The Morgan fingerprint density at radius 3 is 3.03 bits per heavy atom. The third-order valence-electron chi connectivity index (χ3n) is 5.19. The van der Waals surface area contributed by atoms with Gasteiger partial charge in [-0.2, -0.15) is 5.26 Å². The molecule has 0 fully saturated rings. The molecule has 1 atom stereocenters. The number of carboxylic acids is 1. The maximum atomic E-state index is 14.0. The van der Waals surface area contributed by atoms with E-state index in [2.05, 4.69) is 16.9 Å². The van der Waals surface area contributed by atoms with Crippen molar-refractivity contribution >= 4 is 12.0 Å². The molecular weight excluding hydrogens is 385 g/mol. The van der Waals surface area contributed by atoms with E-state index in [1.54, 1.807) is 0 Å². The first-order valence-electron chi connectivity index (χ1n) is 9.92. The Hall–Kier alpha value is -3.24. The summed E-state index contributed by atoms with van der Waals surface area (Å²) in [7, 11) is 0. The molecule has 2 N–H and O–H groups in total. The molecule has 0 radical (unpaired) electrons. The van der Waals surface area contributed by atoms with E-state index in [1.807, 2.05) is 24.3 Å². The van der Waals surface area contributed by atoms with E-state index in [4.69, 9.17) is 15.1 Å². The van der Waals surface area contributed by atoms with Crippen molar-refractivity contribution in [3.8, 4) is 11.8 Å². The van der Waals surface area contributed by atoms with Crippen LogP contribution in [0.5, 0.6) is 5.75 Å². The lowest BCUT2D eigenvalue weighted by Gasteiger charge is -2.11. The molecule has 0 aliphatic heterocycles. The third kappa shape index (κ3) is 5.22. The summed E-state index contributed by atoms with van der Waals surface area (Å²) in [6.45, 7) is 4.98. The summed E-state index contributed by atoms with van der Waals surface area (Å²) in [5, 5.41) is 21.1. The van der Waals surface area contributed by atoms with Crippen LogP contribution >= 0.6 is 0 Å².